The van der Waals surface area contributed by atoms with E-state index in [1.165, 1.54) is 18.2 Å². The molecular formula is C17H18FNO3S. The zero-order valence-corrected chi connectivity index (χ0v) is 13.6. The molecule has 0 heterocycles. The smallest absolute Gasteiger partial charge is 0.224 e. The van der Waals surface area contributed by atoms with Crippen LogP contribution in [0.4, 0.5) is 4.39 Å². The number of hydrogen-bond donors (Lipinski definition) is 1. The summed E-state index contributed by atoms with van der Waals surface area (Å²) < 4.78 is 36.9. The van der Waals surface area contributed by atoms with E-state index in [0.29, 0.717) is 5.56 Å². The second-order valence-electron chi connectivity index (χ2n) is 5.09. The number of benzene rings is 2. The lowest BCUT2D eigenvalue weighted by Crippen LogP contribution is -2.24. The fraction of sp³-hybridized carbons (Fsp3) is 0.235. The van der Waals surface area contributed by atoms with Gasteiger partial charge in [0, 0.05) is 6.54 Å². The van der Waals surface area contributed by atoms with Gasteiger partial charge >= 0.3 is 0 Å². The van der Waals surface area contributed by atoms with Crippen molar-refractivity contribution in [2.45, 2.75) is 24.8 Å². The molecule has 1 N–H and O–H groups in total. The van der Waals surface area contributed by atoms with Crippen LogP contribution in [0.3, 0.4) is 0 Å². The molecule has 122 valence electrons. The molecule has 0 fully saturated rings. The van der Waals surface area contributed by atoms with E-state index in [1.54, 1.807) is 37.3 Å². The summed E-state index contributed by atoms with van der Waals surface area (Å²) in [4.78, 5) is 12.1. The number of nitrogens with one attached hydrogen (secondary N) is 1. The Kier molecular flexibility index (Phi) is 5.50. The number of carbonyl (C=O) groups excluding carboxylic acids is 1. The standard InChI is InChI=1S/C17H18FNO3S/c1-2-23(21,22)15-9-7-13(8-10-15)12-19-17(20)11-14-5-3-4-6-16(14)18/h3-10H,2,11-12H2,1H3,(H,19,20). The summed E-state index contributed by atoms with van der Waals surface area (Å²) in [5, 5.41) is 2.69. The molecule has 0 aliphatic rings. The Labute approximate surface area is 135 Å². The molecule has 0 spiro atoms. The van der Waals surface area contributed by atoms with Gasteiger partial charge in [0.1, 0.15) is 5.82 Å². The van der Waals surface area contributed by atoms with Gasteiger partial charge in [0.15, 0.2) is 9.84 Å². The summed E-state index contributed by atoms with van der Waals surface area (Å²) in [5.74, 6) is -0.650. The third kappa shape index (κ3) is 4.63. The number of halogens is 1. The predicted molar refractivity (Wildman–Crippen MR) is 86.1 cm³/mol. The van der Waals surface area contributed by atoms with Gasteiger partial charge in [-0.2, -0.15) is 0 Å². The van der Waals surface area contributed by atoms with Gasteiger partial charge in [-0.05, 0) is 29.3 Å². The molecule has 0 bridgehead atoms. The second-order valence-corrected chi connectivity index (χ2v) is 7.37. The zero-order valence-electron chi connectivity index (χ0n) is 12.8. The Bertz CT molecular complexity index is 786. The maximum Gasteiger partial charge on any atom is 0.224 e. The number of carbonyl (C=O) groups is 1. The second kappa shape index (κ2) is 7.37. The van der Waals surface area contributed by atoms with Crippen LogP contribution in [0.25, 0.3) is 0 Å². The highest BCUT2D eigenvalue weighted by molar-refractivity contribution is 7.91. The average Bonchev–Trinajstić information content (AvgIpc) is 2.55. The molecule has 23 heavy (non-hydrogen) atoms. The van der Waals surface area contributed by atoms with Gasteiger partial charge in [0.25, 0.3) is 0 Å². The summed E-state index contributed by atoms with van der Waals surface area (Å²) in [6, 6.07) is 12.5. The molecule has 0 atom stereocenters. The zero-order chi connectivity index (χ0) is 16.9. The Morgan fingerprint density at radius 1 is 1.09 bits per heavy atom. The van der Waals surface area contributed by atoms with Gasteiger partial charge in [0.2, 0.25) is 5.91 Å². The van der Waals surface area contributed by atoms with Gasteiger partial charge in [-0.15, -0.1) is 0 Å². The van der Waals surface area contributed by atoms with Crippen LogP contribution in [-0.4, -0.2) is 20.1 Å². The number of hydrogen-bond acceptors (Lipinski definition) is 3. The highest BCUT2D eigenvalue weighted by atomic mass is 32.2. The number of rotatable bonds is 6. The topological polar surface area (TPSA) is 63.2 Å². The molecule has 0 saturated carbocycles. The van der Waals surface area contributed by atoms with Crippen LogP contribution in [0.15, 0.2) is 53.4 Å². The molecule has 0 radical (unpaired) electrons. The highest BCUT2D eigenvalue weighted by Crippen LogP contribution is 2.12. The Morgan fingerprint density at radius 2 is 1.74 bits per heavy atom. The van der Waals surface area contributed by atoms with Crippen molar-refractivity contribution < 1.29 is 17.6 Å². The molecule has 2 aromatic rings. The first-order valence-corrected chi connectivity index (χ1v) is 8.89. The molecular weight excluding hydrogens is 317 g/mol. The molecule has 2 aromatic carbocycles. The summed E-state index contributed by atoms with van der Waals surface area (Å²) >= 11 is 0. The molecule has 4 nitrogen and oxygen atoms in total. The predicted octanol–water partition coefficient (Wildman–Crippen LogP) is 2.48. The van der Waals surface area contributed by atoms with E-state index < -0.39 is 15.7 Å². The Balaban J connectivity index is 1.93. The van der Waals surface area contributed by atoms with Gasteiger partial charge in [-0.1, -0.05) is 37.3 Å². The molecule has 2 rings (SSSR count). The summed E-state index contributed by atoms with van der Waals surface area (Å²) in [6.45, 7) is 1.85. The van der Waals surface area contributed by atoms with Crippen molar-refractivity contribution in [1.29, 1.82) is 0 Å². The monoisotopic (exact) mass is 335 g/mol. The quantitative estimate of drug-likeness (QED) is 0.882. The van der Waals surface area contributed by atoms with E-state index in [4.69, 9.17) is 0 Å². The number of sulfone groups is 1. The lowest BCUT2D eigenvalue weighted by molar-refractivity contribution is -0.120. The van der Waals surface area contributed by atoms with Crippen LogP contribution < -0.4 is 5.32 Å². The van der Waals surface area contributed by atoms with Gasteiger partial charge in [0.05, 0.1) is 17.1 Å². The van der Waals surface area contributed by atoms with Gasteiger partial charge in [-0.25, -0.2) is 12.8 Å². The van der Waals surface area contributed by atoms with Crippen molar-refractivity contribution in [3.8, 4) is 0 Å². The van der Waals surface area contributed by atoms with Crippen LogP contribution in [0, 0.1) is 5.82 Å². The third-order valence-electron chi connectivity index (χ3n) is 3.46. The summed E-state index contributed by atoms with van der Waals surface area (Å²) in [5.41, 5.74) is 1.12. The maximum atomic E-state index is 13.5. The van der Waals surface area contributed by atoms with Crippen LogP contribution in [-0.2, 0) is 27.6 Å². The molecule has 1 amide bonds. The Hall–Kier alpha value is -2.21. The maximum absolute atomic E-state index is 13.5. The van der Waals surface area contributed by atoms with E-state index in [9.17, 15) is 17.6 Å². The normalized spacial score (nSPS) is 11.2. The highest BCUT2D eigenvalue weighted by Gasteiger charge is 2.11. The molecule has 0 saturated heterocycles. The van der Waals surface area contributed by atoms with E-state index in [2.05, 4.69) is 5.32 Å². The molecule has 6 heteroatoms. The average molecular weight is 335 g/mol. The fourth-order valence-corrected chi connectivity index (χ4v) is 2.94. The Morgan fingerprint density at radius 3 is 2.35 bits per heavy atom. The van der Waals surface area contributed by atoms with E-state index >= 15 is 0 Å². The van der Waals surface area contributed by atoms with Crippen molar-refractivity contribution in [3.05, 3.63) is 65.5 Å². The minimum Gasteiger partial charge on any atom is -0.352 e. The number of amides is 1. The van der Waals surface area contributed by atoms with Crippen LogP contribution in [0.2, 0.25) is 0 Å². The molecule has 0 aliphatic heterocycles. The van der Waals surface area contributed by atoms with E-state index in [0.717, 1.165) is 5.56 Å². The van der Waals surface area contributed by atoms with Crippen LogP contribution >= 0.6 is 0 Å². The van der Waals surface area contributed by atoms with E-state index in [1.807, 2.05) is 0 Å². The minimum absolute atomic E-state index is 0.0328. The van der Waals surface area contributed by atoms with Gasteiger partial charge < -0.3 is 5.32 Å². The van der Waals surface area contributed by atoms with Crippen molar-refractivity contribution in [3.63, 3.8) is 0 Å². The van der Waals surface area contributed by atoms with Crippen LogP contribution in [0.5, 0.6) is 0 Å². The first kappa shape index (κ1) is 17.1. The van der Waals surface area contributed by atoms with Gasteiger partial charge in [-0.3, -0.25) is 4.79 Å². The van der Waals surface area contributed by atoms with Crippen molar-refractivity contribution >= 4 is 15.7 Å². The SMILES string of the molecule is CCS(=O)(=O)c1ccc(CNC(=O)Cc2ccccc2F)cc1. The lowest BCUT2D eigenvalue weighted by Gasteiger charge is -2.07. The van der Waals surface area contributed by atoms with Crippen molar-refractivity contribution in [2.75, 3.05) is 5.75 Å². The summed E-state index contributed by atoms with van der Waals surface area (Å²) in [7, 11) is -3.22. The third-order valence-corrected chi connectivity index (χ3v) is 5.21. The first-order chi connectivity index (χ1) is 10.9. The van der Waals surface area contributed by atoms with Crippen molar-refractivity contribution in [2.24, 2.45) is 0 Å². The van der Waals surface area contributed by atoms with E-state index in [-0.39, 0.29) is 29.5 Å². The largest absolute Gasteiger partial charge is 0.352 e. The fourth-order valence-electron chi connectivity index (χ4n) is 2.06. The molecule has 0 aromatic heterocycles. The minimum atomic E-state index is -3.22. The first-order valence-electron chi connectivity index (χ1n) is 7.24. The van der Waals surface area contributed by atoms with Crippen LogP contribution in [0.1, 0.15) is 18.1 Å². The summed E-state index contributed by atoms with van der Waals surface area (Å²) in [6.07, 6.45) is -0.0328. The molecule has 0 unspecified atom stereocenters. The van der Waals surface area contributed by atoms with Crippen molar-refractivity contribution in [1.82, 2.24) is 5.32 Å². The lowest BCUT2D eigenvalue weighted by atomic mass is 10.1. The molecule has 0 aliphatic carbocycles.